The Labute approximate surface area is 456 Å². The molecule has 0 amide bonds. The van der Waals surface area contributed by atoms with Crippen molar-refractivity contribution in [3.8, 4) is 67.5 Å². The van der Waals surface area contributed by atoms with Crippen LogP contribution in [0.5, 0.6) is 23.0 Å². The van der Waals surface area contributed by atoms with E-state index in [0.717, 1.165) is 73.4 Å². The molecule has 0 saturated carbocycles. The lowest BCUT2D eigenvalue weighted by Gasteiger charge is -2.39. The quantitative estimate of drug-likeness (QED) is 0.171. The Balaban J connectivity index is 0.873. The maximum Gasteiger partial charge on any atom is 0.132 e. The fourth-order valence-corrected chi connectivity index (χ4v) is 15.2. The van der Waals surface area contributed by atoms with Crippen LogP contribution in [0.25, 0.3) is 64.7 Å². The van der Waals surface area contributed by atoms with Crippen LogP contribution in [0, 0.1) is 0 Å². The fourth-order valence-electron chi connectivity index (χ4n) is 14.1. The second-order valence-electron chi connectivity index (χ2n) is 21.0. The van der Waals surface area contributed by atoms with Gasteiger partial charge in [0.15, 0.2) is 0 Å². The third-order valence-corrected chi connectivity index (χ3v) is 18.3. The Morgan fingerprint density at radius 3 is 1.44 bits per heavy atom. The summed E-state index contributed by atoms with van der Waals surface area (Å²) >= 11 is 1.86. The van der Waals surface area contributed by atoms with Crippen LogP contribution in [0.4, 0.5) is 17.1 Å². The van der Waals surface area contributed by atoms with E-state index in [1.807, 2.05) is 11.3 Å². The van der Waals surface area contributed by atoms with Crippen LogP contribution in [0.3, 0.4) is 0 Å². The van der Waals surface area contributed by atoms with Crippen molar-refractivity contribution >= 4 is 48.6 Å². The molecule has 3 heterocycles. The molecule has 12 aromatic carbocycles. The molecule has 13 aromatic rings. The number of nitrogens with zero attached hydrogens (tertiary/aromatic N) is 1. The molecule has 0 fully saturated rings. The molecular formula is C74H45NO2S. The van der Waals surface area contributed by atoms with E-state index in [-0.39, 0.29) is 0 Å². The van der Waals surface area contributed by atoms with Gasteiger partial charge < -0.3 is 14.4 Å². The molecule has 0 bridgehead atoms. The molecule has 0 saturated heterocycles. The van der Waals surface area contributed by atoms with Crippen LogP contribution in [-0.2, 0) is 10.8 Å². The van der Waals surface area contributed by atoms with Crippen LogP contribution in [-0.4, -0.2) is 0 Å². The molecule has 1 aromatic heterocycles. The van der Waals surface area contributed by atoms with E-state index in [4.69, 9.17) is 9.47 Å². The Bertz CT molecular complexity index is 4570. The third kappa shape index (κ3) is 5.87. The summed E-state index contributed by atoms with van der Waals surface area (Å²) in [5, 5.41) is 2.62. The van der Waals surface area contributed by atoms with Gasteiger partial charge in [-0.3, -0.25) is 0 Å². The molecule has 3 nitrogen and oxygen atoms in total. The van der Waals surface area contributed by atoms with Crippen molar-refractivity contribution in [2.24, 2.45) is 0 Å². The van der Waals surface area contributed by atoms with E-state index in [1.165, 1.54) is 75.8 Å². The normalized spacial score (nSPS) is 14.1. The van der Waals surface area contributed by atoms with E-state index in [1.54, 1.807) is 0 Å². The summed E-state index contributed by atoms with van der Waals surface area (Å²) in [5.41, 5.74) is 21.2. The lowest BCUT2D eigenvalue weighted by Crippen LogP contribution is -2.32. The van der Waals surface area contributed by atoms with Crippen molar-refractivity contribution in [1.82, 2.24) is 0 Å². The highest BCUT2D eigenvalue weighted by molar-refractivity contribution is 7.25. The molecule has 2 aliphatic heterocycles. The Morgan fingerprint density at radius 1 is 0.282 bits per heavy atom. The molecule has 0 atom stereocenters. The van der Waals surface area contributed by atoms with Gasteiger partial charge in [-0.15, -0.1) is 11.3 Å². The van der Waals surface area contributed by atoms with Gasteiger partial charge >= 0.3 is 0 Å². The zero-order valence-electron chi connectivity index (χ0n) is 42.2. The van der Waals surface area contributed by atoms with Crippen LogP contribution in [0.1, 0.15) is 44.5 Å². The fraction of sp³-hybridized carbons (Fsp3) is 0.0270. The number of para-hydroxylation sites is 4. The highest BCUT2D eigenvalue weighted by atomic mass is 32.1. The minimum Gasteiger partial charge on any atom is -0.457 e. The van der Waals surface area contributed by atoms with E-state index in [9.17, 15) is 0 Å². The van der Waals surface area contributed by atoms with Crippen molar-refractivity contribution in [1.29, 1.82) is 0 Å². The van der Waals surface area contributed by atoms with Crippen molar-refractivity contribution < 1.29 is 9.47 Å². The van der Waals surface area contributed by atoms with Gasteiger partial charge in [-0.1, -0.05) is 200 Å². The van der Waals surface area contributed by atoms with Crippen molar-refractivity contribution in [3.63, 3.8) is 0 Å². The first-order valence-electron chi connectivity index (χ1n) is 26.8. The maximum absolute atomic E-state index is 6.75. The number of rotatable bonds is 5. The summed E-state index contributed by atoms with van der Waals surface area (Å²) in [4.78, 5) is 2.49. The average molecular weight is 1010 g/mol. The topological polar surface area (TPSA) is 21.7 Å². The number of ether oxygens (including phenoxy) is 2. The number of benzene rings is 12. The first-order chi connectivity index (χ1) is 38.7. The van der Waals surface area contributed by atoms with Crippen molar-refractivity contribution in [2.75, 3.05) is 4.90 Å². The lowest BCUT2D eigenvalue weighted by molar-refractivity contribution is 0.436. The van der Waals surface area contributed by atoms with Crippen LogP contribution >= 0.6 is 11.3 Å². The third-order valence-electron chi connectivity index (χ3n) is 17.2. The maximum atomic E-state index is 6.75. The standard InChI is InChI=1S/C74H45NO2S/c1-4-22-57-52(19-1)53-41-37-48(44-64(53)74(57)61-26-8-12-32-68(61)77-69-33-13-9-27-62(69)74)47-17-15-18-51(43-47)75(50-39-35-46(36-40-50)49-38-42-55-54-20-3-14-34-70(54)78-71(55)45-49)65-29-16-28-63-72(65)56-21-2-5-23-58(56)73(63)59-24-6-10-30-66(59)76-67-31-11-7-25-60(67)73/h1-45H. The van der Waals surface area contributed by atoms with E-state index in [0.29, 0.717) is 0 Å². The van der Waals surface area contributed by atoms with E-state index < -0.39 is 10.8 Å². The van der Waals surface area contributed by atoms with Crippen LogP contribution < -0.4 is 14.4 Å². The van der Waals surface area contributed by atoms with E-state index >= 15 is 0 Å². The van der Waals surface area contributed by atoms with Gasteiger partial charge in [0.05, 0.1) is 16.5 Å². The summed E-state index contributed by atoms with van der Waals surface area (Å²) in [6.07, 6.45) is 0. The Morgan fingerprint density at radius 2 is 0.756 bits per heavy atom. The zero-order chi connectivity index (χ0) is 51.1. The minimum absolute atomic E-state index is 0.574. The van der Waals surface area contributed by atoms with Crippen LogP contribution in [0.15, 0.2) is 273 Å². The summed E-state index contributed by atoms with van der Waals surface area (Å²) in [7, 11) is 0. The van der Waals surface area contributed by atoms with Gasteiger partial charge in [0.1, 0.15) is 23.0 Å². The monoisotopic (exact) mass is 1010 g/mol. The molecule has 0 N–H and O–H groups in total. The van der Waals surface area contributed by atoms with Gasteiger partial charge in [0, 0.05) is 59.4 Å². The largest absolute Gasteiger partial charge is 0.457 e. The van der Waals surface area contributed by atoms with Crippen molar-refractivity contribution in [2.45, 2.75) is 10.8 Å². The molecule has 4 heteroatoms. The van der Waals surface area contributed by atoms with Gasteiger partial charge in [-0.25, -0.2) is 0 Å². The first kappa shape index (κ1) is 43.5. The predicted octanol–water partition coefficient (Wildman–Crippen LogP) is 19.8. The van der Waals surface area contributed by atoms with Crippen LogP contribution in [0.2, 0.25) is 0 Å². The molecule has 17 rings (SSSR count). The van der Waals surface area contributed by atoms with Gasteiger partial charge in [-0.2, -0.15) is 0 Å². The smallest absolute Gasteiger partial charge is 0.132 e. The lowest BCUT2D eigenvalue weighted by atomic mass is 9.66. The first-order valence-corrected chi connectivity index (χ1v) is 27.6. The zero-order valence-corrected chi connectivity index (χ0v) is 43.0. The van der Waals surface area contributed by atoms with Gasteiger partial charge in [0.2, 0.25) is 0 Å². The summed E-state index contributed by atoms with van der Waals surface area (Å²) in [6.45, 7) is 0. The molecule has 0 unspecified atom stereocenters. The summed E-state index contributed by atoms with van der Waals surface area (Å²) in [6, 6.07) is 101. The summed E-state index contributed by atoms with van der Waals surface area (Å²) < 4.78 is 16.1. The number of thiophene rings is 1. The number of anilines is 3. The molecule has 4 aliphatic rings. The highest BCUT2D eigenvalue weighted by Crippen LogP contribution is 2.65. The molecule has 364 valence electrons. The highest BCUT2D eigenvalue weighted by Gasteiger charge is 2.53. The minimum atomic E-state index is -0.616. The summed E-state index contributed by atoms with van der Waals surface area (Å²) in [5.74, 6) is 3.54. The van der Waals surface area contributed by atoms with Crippen molar-refractivity contribution in [3.05, 3.63) is 317 Å². The number of hydrogen-bond acceptors (Lipinski definition) is 4. The van der Waals surface area contributed by atoms with E-state index in [2.05, 4.69) is 278 Å². The molecule has 78 heavy (non-hydrogen) atoms. The molecular weight excluding hydrogens is 967 g/mol. The van der Waals surface area contributed by atoms with Gasteiger partial charge in [0.25, 0.3) is 0 Å². The van der Waals surface area contributed by atoms with Gasteiger partial charge in [-0.05, 0) is 134 Å². The SMILES string of the molecule is c1cc(-c2ccc3c(c2)C2(c4ccccc4Oc4ccccc42)c2ccccc2-3)cc(N(c2ccc(-c3ccc4c(c3)sc3ccccc34)cc2)c2cccc3c2-c2ccccc2C32c3ccccc3Oc3ccccc32)c1. The molecule has 0 radical (unpaired) electrons. The second kappa shape index (κ2) is 16.4. The predicted molar refractivity (Wildman–Crippen MR) is 320 cm³/mol. The second-order valence-corrected chi connectivity index (χ2v) is 22.1. The average Bonchev–Trinajstić information content (AvgIpc) is 4.00. The Kier molecular flexibility index (Phi) is 9.14. The molecule has 2 spiro atoms. The molecule has 2 aliphatic carbocycles. The number of fused-ring (bicyclic) bond motifs is 21. The Hall–Kier alpha value is -9.74. The number of hydrogen-bond donors (Lipinski definition) is 0.